The molecule has 0 aliphatic heterocycles. The van der Waals surface area contributed by atoms with Crippen LogP contribution in [0.3, 0.4) is 0 Å². The third-order valence-corrected chi connectivity index (χ3v) is 2.56. The molecule has 4 heteroatoms. The number of hydrogen-bond donors (Lipinski definition) is 2. The van der Waals surface area contributed by atoms with Crippen molar-refractivity contribution in [3.63, 3.8) is 0 Å². The summed E-state index contributed by atoms with van der Waals surface area (Å²) in [4.78, 5) is 8.09. The summed E-state index contributed by atoms with van der Waals surface area (Å²) < 4.78 is 0. The van der Waals surface area contributed by atoms with Crippen molar-refractivity contribution in [1.29, 1.82) is 0 Å². The Morgan fingerprint density at radius 1 is 1.44 bits per heavy atom. The van der Waals surface area contributed by atoms with Crippen molar-refractivity contribution in [1.82, 2.24) is 15.4 Å². The van der Waals surface area contributed by atoms with Crippen LogP contribution < -0.4 is 11.3 Å². The lowest BCUT2D eigenvalue weighted by Gasteiger charge is -2.14. The Hall–Kier alpha value is -1.26. The molecular formula is C12H20N4. The molecule has 4 nitrogen and oxygen atoms in total. The van der Waals surface area contributed by atoms with Gasteiger partial charge < -0.3 is 0 Å². The molecule has 1 rings (SSSR count). The number of allylic oxidation sites excluding steroid dienone is 1. The molecule has 0 fully saturated rings. The van der Waals surface area contributed by atoms with Gasteiger partial charge in [-0.3, -0.25) is 11.3 Å². The van der Waals surface area contributed by atoms with Crippen LogP contribution in [0.25, 0.3) is 0 Å². The first kappa shape index (κ1) is 12.8. The molecule has 1 atom stereocenters. The Morgan fingerprint density at radius 2 is 2.31 bits per heavy atom. The fourth-order valence-corrected chi connectivity index (χ4v) is 1.64. The molecule has 88 valence electrons. The minimum atomic E-state index is 0.131. The van der Waals surface area contributed by atoms with Crippen molar-refractivity contribution in [3.8, 4) is 0 Å². The van der Waals surface area contributed by atoms with Crippen molar-refractivity contribution in [2.24, 2.45) is 5.84 Å². The smallest absolute Gasteiger partial charge is 0.115 e. The predicted molar refractivity (Wildman–Crippen MR) is 65.4 cm³/mol. The summed E-state index contributed by atoms with van der Waals surface area (Å²) in [6.45, 7) is 3.71. The number of nitrogens with one attached hydrogen (secondary N) is 1. The molecule has 1 aromatic rings. The summed E-state index contributed by atoms with van der Waals surface area (Å²) in [6, 6.07) is 2.03. The van der Waals surface area contributed by atoms with E-state index in [0.717, 1.165) is 25.0 Å². The van der Waals surface area contributed by atoms with E-state index >= 15 is 0 Å². The van der Waals surface area contributed by atoms with E-state index in [1.807, 2.05) is 12.1 Å². The van der Waals surface area contributed by atoms with Gasteiger partial charge in [0.1, 0.15) is 6.33 Å². The number of nitrogens with two attached hydrogens (primary N) is 1. The standard InChI is InChI=1S/C12H20N4/c1-2-3-4-5-6-7-12(16-13)11-8-9-14-10-15-11/h2,8-10,12,16H,1,3-7,13H2. The maximum atomic E-state index is 5.52. The second kappa shape index (κ2) is 7.96. The number of rotatable bonds is 8. The van der Waals surface area contributed by atoms with Crippen molar-refractivity contribution in [2.75, 3.05) is 0 Å². The second-order valence-corrected chi connectivity index (χ2v) is 3.78. The summed E-state index contributed by atoms with van der Waals surface area (Å²) in [5, 5.41) is 0. The van der Waals surface area contributed by atoms with Gasteiger partial charge in [0.05, 0.1) is 11.7 Å². The van der Waals surface area contributed by atoms with E-state index in [1.54, 1.807) is 12.5 Å². The van der Waals surface area contributed by atoms with Crippen LogP contribution in [0.4, 0.5) is 0 Å². The van der Waals surface area contributed by atoms with Gasteiger partial charge >= 0.3 is 0 Å². The summed E-state index contributed by atoms with van der Waals surface area (Å²) in [5.41, 5.74) is 3.76. The van der Waals surface area contributed by atoms with E-state index in [2.05, 4.69) is 22.0 Å². The molecule has 0 saturated carbocycles. The molecule has 3 N–H and O–H groups in total. The van der Waals surface area contributed by atoms with Gasteiger partial charge in [-0.15, -0.1) is 6.58 Å². The third kappa shape index (κ3) is 4.51. The number of hydrogen-bond acceptors (Lipinski definition) is 4. The van der Waals surface area contributed by atoms with Gasteiger partial charge in [-0.1, -0.05) is 18.9 Å². The highest BCUT2D eigenvalue weighted by molar-refractivity contribution is 5.03. The number of unbranched alkanes of at least 4 members (excludes halogenated alkanes) is 3. The van der Waals surface area contributed by atoms with E-state index in [9.17, 15) is 0 Å². The topological polar surface area (TPSA) is 63.8 Å². The van der Waals surface area contributed by atoms with Crippen LogP contribution in [0, 0.1) is 0 Å². The van der Waals surface area contributed by atoms with Crippen LogP contribution in [0.5, 0.6) is 0 Å². The van der Waals surface area contributed by atoms with Crippen LogP contribution in [-0.4, -0.2) is 9.97 Å². The minimum Gasteiger partial charge on any atom is -0.271 e. The first-order valence-electron chi connectivity index (χ1n) is 5.71. The van der Waals surface area contributed by atoms with Crippen LogP contribution in [0.2, 0.25) is 0 Å². The monoisotopic (exact) mass is 220 g/mol. The van der Waals surface area contributed by atoms with Gasteiger partial charge in [-0.25, -0.2) is 9.97 Å². The van der Waals surface area contributed by atoms with Gasteiger partial charge in [-0.2, -0.15) is 0 Å². The first-order chi connectivity index (χ1) is 7.88. The summed E-state index contributed by atoms with van der Waals surface area (Å²) in [5.74, 6) is 5.52. The lowest BCUT2D eigenvalue weighted by molar-refractivity contribution is 0.474. The van der Waals surface area contributed by atoms with Gasteiger partial charge in [0, 0.05) is 6.20 Å². The quantitative estimate of drug-likeness (QED) is 0.305. The Kier molecular flexibility index (Phi) is 6.37. The predicted octanol–water partition coefficient (Wildman–Crippen LogP) is 2.12. The Balaban J connectivity index is 2.30. The fraction of sp³-hybridized carbons (Fsp3) is 0.500. The highest BCUT2D eigenvalue weighted by atomic mass is 15.2. The lowest BCUT2D eigenvalue weighted by atomic mass is 10.0. The van der Waals surface area contributed by atoms with Crippen molar-refractivity contribution in [3.05, 3.63) is 36.9 Å². The molecule has 0 saturated heterocycles. The van der Waals surface area contributed by atoms with E-state index in [0.29, 0.717) is 0 Å². The van der Waals surface area contributed by atoms with Crippen LogP contribution in [0.15, 0.2) is 31.2 Å². The van der Waals surface area contributed by atoms with Gasteiger partial charge in [0.2, 0.25) is 0 Å². The molecule has 0 spiro atoms. The summed E-state index contributed by atoms with van der Waals surface area (Å²) >= 11 is 0. The average Bonchev–Trinajstić information content (AvgIpc) is 2.35. The highest BCUT2D eigenvalue weighted by Gasteiger charge is 2.09. The third-order valence-electron chi connectivity index (χ3n) is 2.56. The first-order valence-corrected chi connectivity index (χ1v) is 5.71. The van der Waals surface area contributed by atoms with Gasteiger partial charge in [0.25, 0.3) is 0 Å². The summed E-state index contributed by atoms with van der Waals surface area (Å²) in [7, 11) is 0. The van der Waals surface area contributed by atoms with E-state index in [-0.39, 0.29) is 6.04 Å². The van der Waals surface area contributed by atoms with E-state index in [1.165, 1.54) is 12.8 Å². The molecule has 0 aromatic carbocycles. The second-order valence-electron chi connectivity index (χ2n) is 3.78. The number of aromatic nitrogens is 2. The number of hydrazine groups is 1. The average molecular weight is 220 g/mol. The Labute approximate surface area is 97.0 Å². The van der Waals surface area contributed by atoms with Gasteiger partial charge in [0.15, 0.2) is 0 Å². The van der Waals surface area contributed by atoms with E-state index < -0.39 is 0 Å². The van der Waals surface area contributed by atoms with Crippen molar-refractivity contribution in [2.45, 2.75) is 38.1 Å². The summed E-state index contributed by atoms with van der Waals surface area (Å²) in [6.07, 6.45) is 10.9. The van der Waals surface area contributed by atoms with Crippen LogP contribution >= 0.6 is 0 Å². The molecule has 1 unspecified atom stereocenters. The highest BCUT2D eigenvalue weighted by Crippen LogP contribution is 2.16. The molecule has 1 heterocycles. The van der Waals surface area contributed by atoms with Crippen molar-refractivity contribution >= 4 is 0 Å². The zero-order chi connectivity index (χ0) is 11.6. The molecule has 0 amide bonds. The maximum absolute atomic E-state index is 5.52. The largest absolute Gasteiger partial charge is 0.271 e. The molecule has 0 aliphatic rings. The molecule has 0 radical (unpaired) electrons. The molecule has 0 bridgehead atoms. The zero-order valence-corrected chi connectivity index (χ0v) is 9.60. The normalized spacial score (nSPS) is 12.3. The zero-order valence-electron chi connectivity index (χ0n) is 9.60. The SMILES string of the molecule is C=CCCCCCC(NN)c1ccncn1. The molecule has 16 heavy (non-hydrogen) atoms. The Morgan fingerprint density at radius 3 is 2.94 bits per heavy atom. The van der Waals surface area contributed by atoms with Crippen molar-refractivity contribution < 1.29 is 0 Å². The van der Waals surface area contributed by atoms with Crippen LogP contribution in [-0.2, 0) is 0 Å². The molecule has 1 aromatic heterocycles. The van der Waals surface area contributed by atoms with Gasteiger partial charge in [-0.05, 0) is 25.3 Å². The van der Waals surface area contributed by atoms with Crippen LogP contribution in [0.1, 0.15) is 43.8 Å². The lowest BCUT2D eigenvalue weighted by Crippen LogP contribution is -2.28. The Bertz CT molecular complexity index is 286. The maximum Gasteiger partial charge on any atom is 0.115 e. The number of nitrogens with zero attached hydrogens (tertiary/aromatic N) is 2. The van der Waals surface area contributed by atoms with E-state index in [4.69, 9.17) is 5.84 Å². The minimum absolute atomic E-state index is 0.131. The molecule has 0 aliphatic carbocycles. The fourth-order valence-electron chi connectivity index (χ4n) is 1.64. The molecular weight excluding hydrogens is 200 g/mol.